The molecule has 1 aromatic carbocycles. The van der Waals surface area contributed by atoms with Crippen molar-refractivity contribution in [1.29, 1.82) is 0 Å². The van der Waals surface area contributed by atoms with E-state index in [9.17, 15) is 12.8 Å². The van der Waals surface area contributed by atoms with Crippen LogP contribution in [0, 0.1) is 5.82 Å². The predicted octanol–water partition coefficient (Wildman–Crippen LogP) is 3.39. The number of furan rings is 1. The minimum Gasteiger partial charge on any atom is -0.468 e. The summed E-state index contributed by atoms with van der Waals surface area (Å²) >= 11 is 3.09. The molecule has 0 bridgehead atoms. The first-order chi connectivity index (χ1) is 9.45. The first kappa shape index (κ1) is 15.2. The SMILES string of the molecule is CCN(Cc1ccco1)S(=O)(=O)c1ccc(F)cc1Br. The molecular weight excluding hydrogens is 349 g/mol. The van der Waals surface area contributed by atoms with Gasteiger partial charge in [0, 0.05) is 11.0 Å². The van der Waals surface area contributed by atoms with Gasteiger partial charge in [-0.05, 0) is 46.3 Å². The van der Waals surface area contributed by atoms with Crippen molar-refractivity contribution in [2.45, 2.75) is 18.4 Å². The monoisotopic (exact) mass is 361 g/mol. The fourth-order valence-corrected chi connectivity index (χ4v) is 4.19. The first-order valence-electron chi connectivity index (χ1n) is 5.92. The quantitative estimate of drug-likeness (QED) is 0.819. The molecule has 0 aliphatic heterocycles. The first-order valence-corrected chi connectivity index (χ1v) is 8.16. The number of hydrogen-bond acceptors (Lipinski definition) is 3. The van der Waals surface area contributed by atoms with E-state index in [0.29, 0.717) is 5.76 Å². The highest BCUT2D eigenvalue weighted by Gasteiger charge is 2.26. The highest BCUT2D eigenvalue weighted by atomic mass is 79.9. The van der Waals surface area contributed by atoms with Crippen molar-refractivity contribution in [2.75, 3.05) is 6.54 Å². The second-order valence-electron chi connectivity index (χ2n) is 4.09. The zero-order valence-corrected chi connectivity index (χ0v) is 13.1. The summed E-state index contributed by atoms with van der Waals surface area (Å²) in [4.78, 5) is 0.0345. The maximum Gasteiger partial charge on any atom is 0.244 e. The van der Waals surface area contributed by atoms with E-state index in [1.807, 2.05) is 0 Å². The maximum atomic E-state index is 13.1. The largest absolute Gasteiger partial charge is 0.468 e. The summed E-state index contributed by atoms with van der Waals surface area (Å²) < 4.78 is 44.8. The Balaban J connectivity index is 2.36. The summed E-state index contributed by atoms with van der Waals surface area (Å²) in [6.45, 7) is 2.15. The third-order valence-electron chi connectivity index (χ3n) is 2.78. The van der Waals surface area contributed by atoms with E-state index in [-0.39, 0.29) is 22.5 Å². The van der Waals surface area contributed by atoms with Crippen LogP contribution in [0.3, 0.4) is 0 Å². The molecule has 4 nitrogen and oxygen atoms in total. The van der Waals surface area contributed by atoms with Crippen molar-refractivity contribution < 1.29 is 17.2 Å². The molecule has 0 saturated carbocycles. The molecule has 0 amide bonds. The second-order valence-corrected chi connectivity index (χ2v) is 6.85. The van der Waals surface area contributed by atoms with Crippen LogP contribution in [0.25, 0.3) is 0 Å². The van der Waals surface area contributed by atoms with Crippen molar-refractivity contribution >= 4 is 26.0 Å². The Kier molecular flexibility index (Phi) is 4.62. The molecule has 0 atom stereocenters. The predicted molar refractivity (Wildman–Crippen MR) is 76.1 cm³/mol. The van der Waals surface area contributed by atoms with Gasteiger partial charge in [0.2, 0.25) is 10.0 Å². The van der Waals surface area contributed by atoms with Crippen molar-refractivity contribution in [3.63, 3.8) is 0 Å². The zero-order chi connectivity index (χ0) is 14.8. The average Bonchev–Trinajstić information content (AvgIpc) is 2.88. The van der Waals surface area contributed by atoms with Gasteiger partial charge in [0.25, 0.3) is 0 Å². The van der Waals surface area contributed by atoms with Crippen molar-refractivity contribution in [3.8, 4) is 0 Å². The summed E-state index contributed by atoms with van der Waals surface area (Å²) in [5.74, 6) is 0.0542. The zero-order valence-electron chi connectivity index (χ0n) is 10.7. The van der Waals surface area contributed by atoms with E-state index in [0.717, 1.165) is 12.1 Å². The van der Waals surface area contributed by atoms with E-state index < -0.39 is 15.8 Å². The standard InChI is InChI=1S/C13H13BrFNO3S/c1-2-16(9-11-4-3-7-19-11)20(17,18)13-6-5-10(15)8-12(13)14/h3-8H,2,9H2,1H3. The van der Waals surface area contributed by atoms with Crippen LogP contribution in [0.5, 0.6) is 0 Å². The minimum atomic E-state index is -3.71. The van der Waals surface area contributed by atoms with Crippen molar-refractivity contribution in [2.24, 2.45) is 0 Å². The second kappa shape index (κ2) is 6.07. The van der Waals surface area contributed by atoms with Crippen molar-refractivity contribution in [3.05, 3.63) is 52.6 Å². The molecule has 0 spiro atoms. The van der Waals surface area contributed by atoms with E-state index in [1.54, 1.807) is 19.1 Å². The fourth-order valence-electron chi connectivity index (χ4n) is 1.77. The Bertz CT molecular complexity index is 686. The van der Waals surface area contributed by atoms with Gasteiger partial charge in [-0.3, -0.25) is 0 Å². The van der Waals surface area contributed by atoms with Crippen LogP contribution >= 0.6 is 15.9 Å². The molecule has 2 aromatic rings. The normalized spacial score (nSPS) is 12.0. The van der Waals surface area contributed by atoms with Crippen LogP contribution in [0.4, 0.5) is 4.39 Å². The molecule has 20 heavy (non-hydrogen) atoms. The molecule has 0 fully saturated rings. The van der Waals surface area contributed by atoms with Crippen LogP contribution in [0.1, 0.15) is 12.7 Å². The molecule has 1 aromatic heterocycles. The van der Waals surface area contributed by atoms with Gasteiger partial charge >= 0.3 is 0 Å². The number of nitrogens with zero attached hydrogens (tertiary/aromatic N) is 1. The molecule has 1 heterocycles. The Morgan fingerprint density at radius 1 is 1.35 bits per heavy atom. The van der Waals surface area contributed by atoms with E-state index in [1.165, 1.54) is 16.6 Å². The van der Waals surface area contributed by atoms with Gasteiger partial charge in [-0.2, -0.15) is 4.31 Å². The van der Waals surface area contributed by atoms with Gasteiger partial charge in [-0.15, -0.1) is 0 Å². The highest BCUT2D eigenvalue weighted by molar-refractivity contribution is 9.10. The fraction of sp³-hybridized carbons (Fsp3) is 0.231. The van der Waals surface area contributed by atoms with Crippen LogP contribution in [0.15, 0.2) is 50.4 Å². The summed E-state index contributed by atoms with van der Waals surface area (Å²) in [7, 11) is -3.71. The Morgan fingerprint density at radius 2 is 2.10 bits per heavy atom. The number of rotatable bonds is 5. The molecule has 0 unspecified atom stereocenters. The Labute approximate surface area is 125 Å². The van der Waals surface area contributed by atoms with Gasteiger partial charge in [0.05, 0.1) is 17.7 Å². The van der Waals surface area contributed by atoms with E-state index in [2.05, 4.69) is 15.9 Å². The highest BCUT2D eigenvalue weighted by Crippen LogP contribution is 2.26. The molecule has 2 rings (SSSR count). The molecular formula is C13H13BrFNO3S. The molecule has 0 aliphatic rings. The molecule has 0 N–H and O–H groups in total. The van der Waals surface area contributed by atoms with Crippen LogP contribution in [0.2, 0.25) is 0 Å². The number of sulfonamides is 1. The topological polar surface area (TPSA) is 50.5 Å². The smallest absolute Gasteiger partial charge is 0.244 e. The van der Waals surface area contributed by atoms with Crippen molar-refractivity contribution in [1.82, 2.24) is 4.31 Å². The number of benzene rings is 1. The summed E-state index contributed by atoms with van der Waals surface area (Å²) in [6.07, 6.45) is 1.49. The van der Waals surface area contributed by atoms with E-state index >= 15 is 0 Å². The molecule has 7 heteroatoms. The minimum absolute atomic E-state index is 0.0345. The Hall–Kier alpha value is -1.18. The number of halogens is 2. The van der Waals surface area contributed by atoms with Gasteiger partial charge in [-0.1, -0.05) is 6.92 Å². The third kappa shape index (κ3) is 3.11. The lowest BCUT2D eigenvalue weighted by atomic mass is 10.3. The summed E-state index contributed by atoms with van der Waals surface area (Å²) in [6, 6.07) is 6.91. The van der Waals surface area contributed by atoms with E-state index in [4.69, 9.17) is 4.42 Å². The molecule has 0 aliphatic carbocycles. The van der Waals surface area contributed by atoms with Crippen LogP contribution < -0.4 is 0 Å². The van der Waals surface area contributed by atoms with Crippen LogP contribution in [-0.4, -0.2) is 19.3 Å². The van der Waals surface area contributed by atoms with Gasteiger partial charge in [0.15, 0.2) is 0 Å². The lowest BCUT2D eigenvalue weighted by molar-refractivity contribution is 0.375. The van der Waals surface area contributed by atoms with Gasteiger partial charge in [0.1, 0.15) is 11.6 Å². The third-order valence-corrected chi connectivity index (χ3v) is 5.67. The summed E-state index contributed by atoms with van der Waals surface area (Å²) in [5.41, 5.74) is 0. The summed E-state index contributed by atoms with van der Waals surface area (Å²) in [5, 5.41) is 0. The lowest BCUT2D eigenvalue weighted by Gasteiger charge is -2.20. The molecule has 0 radical (unpaired) electrons. The average molecular weight is 362 g/mol. The molecule has 108 valence electrons. The van der Waals surface area contributed by atoms with Gasteiger partial charge in [-0.25, -0.2) is 12.8 Å². The number of hydrogen-bond donors (Lipinski definition) is 0. The maximum absolute atomic E-state index is 13.1. The lowest BCUT2D eigenvalue weighted by Crippen LogP contribution is -2.30. The van der Waals surface area contributed by atoms with Gasteiger partial charge < -0.3 is 4.42 Å². The molecule has 0 saturated heterocycles. The van der Waals surface area contributed by atoms with Crippen LogP contribution in [-0.2, 0) is 16.6 Å². The Morgan fingerprint density at radius 3 is 2.65 bits per heavy atom.